The van der Waals surface area contributed by atoms with E-state index in [1.54, 1.807) is 31.2 Å². The highest BCUT2D eigenvalue weighted by atomic mass is 79.9. The summed E-state index contributed by atoms with van der Waals surface area (Å²) in [6.07, 6.45) is -4.59. The summed E-state index contributed by atoms with van der Waals surface area (Å²) in [6, 6.07) is 7.77. The SMILES string of the molecule is CCOC(=O)Cn1nc(C)c2c(C(F)(F)F)cc(-c3ccc(Br)cc3)nc21. The van der Waals surface area contributed by atoms with Crippen LogP contribution < -0.4 is 0 Å². The molecule has 2 aromatic heterocycles. The molecule has 3 aromatic rings. The molecule has 3 rings (SSSR count). The normalized spacial score (nSPS) is 11.8. The molecule has 0 saturated heterocycles. The number of alkyl halides is 3. The van der Waals surface area contributed by atoms with E-state index in [4.69, 9.17) is 4.74 Å². The number of fused-ring (bicyclic) bond motifs is 1. The van der Waals surface area contributed by atoms with Gasteiger partial charge < -0.3 is 4.74 Å². The lowest BCUT2D eigenvalue weighted by Crippen LogP contribution is -2.15. The first-order valence-electron chi connectivity index (χ1n) is 8.07. The van der Waals surface area contributed by atoms with Crippen LogP contribution in [0.2, 0.25) is 0 Å². The van der Waals surface area contributed by atoms with Gasteiger partial charge in [0.05, 0.1) is 28.9 Å². The van der Waals surface area contributed by atoms with Gasteiger partial charge in [-0.1, -0.05) is 28.1 Å². The van der Waals surface area contributed by atoms with Gasteiger partial charge in [-0.25, -0.2) is 9.67 Å². The van der Waals surface area contributed by atoms with Gasteiger partial charge in [-0.3, -0.25) is 4.79 Å². The number of aromatic nitrogens is 3. The van der Waals surface area contributed by atoms with Crippen LogP contribution in [0.4, 0.5) is 13.2 Å². The zero-order valence-corrected chi connectivity index (χ0v) is 16.1. The van der Waals surface area contributed by atoms with E-state index in [0.717, 1.165) is 15.2 Å². The summed E-state index contributed by atoms with van der Waals surface area (Å²) < 4.78 is 47.9. The Balaban J connectivity index is 2.24. The first-order valence-corrected chi connectivity index (χ1v) is 8.87. The lowest BCUT2D eigenvalue weighted by atomic mass is 10.1. The predicted octanol–water partition coefficient (Wildman–Crippen LogP) is 4.75. The molecule has 0 spiro atoms. The van der Waals surface area contributed by atoms with Gasteiger partial charge in [0.15, 0.2) is 5.65 Å². The molecule has 0 unspecified atom stereocenters. The molecule has 0 saturated carbocycles. The van der Waals surface area contributed by atoms with Crippen molar-refractivity contribution in [2.24, 2.45) is 0 Å². The van der Waals surface area contributed by atoms with E-state index >= 15 is 0 Å². The van der Waals surface area contributed by atoms with Crippen LogP contribution in [-0.4, -0.2) is 27.3 Å². The van der Waals surface area contributed by atoms with E-state index in [0.29, 0.717) is 5.56 Å². The number of hydrogen-bond donors (Lipinski definition) is 0. The standard InChI is InChI=1S/C18H15BrF3N3O2/c1-3-27-15(26)9-25-17-16(10(2)24-25)13(18(20,21)22)8-14(23-17)11-4-6-12(19)7-5-11/h4-8H,3,9H2,1-2H3. The smallest absolute Gasteiger partial charge is 0.417 e. The van der Waals surface area contributed by atoms with Crippen LogP contribution in [0, 0.1) is 6.92 Å². The lowest BCUT2D eigenvalue weighted by molar-refractivity contribution is -0.144. The van der Waals surface area contributed by atoms with Crippen LogP contribution in [0.25, 0.3) is 22.3 Å². The minimum absolute atomic E-state index is 0.00621. The molecule has 0 aliphatic heterocycles. The molecule has 0 amide bonds. The molecule has 0 bridgehead atoms. The molecule has 0 aliphatic carbocycles. The lowest BCUT2D eigenvalue weighted by Gasteiger charge is -2.12. The third kappa shape index (κ3) is 3.97. The summed E-state index contributed by atoms with van der Waals surface area (Å²) in [5.74, 6) is -0.591. The maximum atomic E-state index is 13.7. The van der Waals surface area contributed by atoms with Crippen molar-refractivity contribution in [3.8, 4) is 11.3 Å². The van der Waals surface area contributed by atoms with Gasteiger partial charge in [-0.15, -0.1) is 0 Å². The molecular weight excluding hydrogens is 427 g/mol. The molecule has 0 aliphatic rings. The van der Waals surface area contributed by atoms with Crippen molar-refractivity contribution in [2.75, 3.05) is 6.61 Å². The average Bonchev–Trinajstić information content (AvgIpc) is 2.90. The Bertz CT molecular complexity index is 998. The zero-order valence-electron chi connectivity index (χ0n) is 14.5. The molecular formula is C18H15BrF3N3O2. The van der Waals surface area contributed by atoms with E-state index in [1.807, 2.05) is 0 Å². The van der Waals surface area contributed by atoms with Gasteiger partial charge in [-0.05, 0) is 32.0 Å². The number of carbonyl (C=O) groups is 1. The van der Waals surface area contributed by atoms with Gasteiger partial charge in [-0.2, -0.15) is 18.3 Å². The van der Waals surface area contributed by atoms with E-state index in [-0.39, 0.29) is 35.6 Å². The summed E-state index contributed by atoms with van der Waals surface area (Å²) in [4.78, 5) is 16.2. The summed E-state index contributed by atoms with van der Waals surface area (Å²) in [5.41, 5.74) is -0.0257. The number of carbonyl (C=O) groups excluding carboxylic acids is 1. The van der Waals surface area contributed by atoms with Gasteiger partial charge in [0.2, 0.25) is 0 Å². The number of nitrogens with zero attached hydrogens (tertiary/aromatic N) is 3. The highest BCUT2D eigenvalue weighted by Crippen LogP contribution is 2.38. The minimum atomic E-state index is -4.59. The van der Waals surface area contributed by atoms with Crippen molar-refractivity contribution in [3.05, 3.63) is 46.1 Å². The molecule has 142 valence electrons. The molecule has 5 nitrogen and oxygen atoms in total. The number of hydrogen-bond acceptors (Lipinski definition) is 4. The third-order valence-electron chi connectivity index (χ3n) is 3.91. The second-order valence-corrected chi connectivity index (χ2v) is 6.72. The third-order valence-corrected chi connectivity index (χ3v) is 4.44. The van der Waals surface area contributed by atoms with Crippen molar-refractivity contribution in [1.82, 2.24) is 14.8 Å². The number of rotatable bonds is 4. The fraction of sp³-hybridized carbons (Fsp3) is 0.278. The van der Waals surface area contributed by atoms with E-state index in [2.05, 4.69) is 26.0 Å². The van der Waals surface area contributed by atoms with Gasteiger partial charge >= 0.3 is 12.1 Å². The van der Waals surface area contributed by atoms with Crippen molar-refractivity contribution in [3.63, 3.8) is 0 Å². The fourth-order valence-electron chi connectivity index (χ4n) is 2.78. The van der Waals surface area contributed by atoms with Gasteiger partial charge in [0.1, 0.15) is 6.54 Å². The Kier molecular flexibility index (Phi) is 5.23. The van der Waals surface area contributed by atoms with E-state index < -0.39 is 17.7 Å². The topological polar surface area (TPSA) is 57.0 Å². The second kappa shape index (κ2) is 7.30. The summed E-state index contributed by atoms with van der Waals surface area (Å²) >= 11 is 3.29. The molecule has 0 N–H and O–H groups in total. The Morgan fingerprint density at radius 2 is 1.93 bits per heavy atom. The van der Waals surface area contributed by atoms with Crippen LogP contribution in [0.1, 0.15) is 18.2 Å². The maximum Gasteiger partial charge on any atom is 0.417 e. The Hall–Kier alpha value is -2.42. The molecule has 0 fully saturated rings. The molecule has 2 heterocycles. The number of aryl methyl sites for hydroxylation is 1. The fourth-order valence-corrected chi connectivity index (χ4v) is 3.05. The number of esters is 1. The number of pyridine rings is 1. The molecule has 0 radical (unpaired) electrons. The minimum Gasteiger partial charge on any atom is -0.465 e. The first-order chi connectivity index (χ1) is 12.7. The summed E-state index contributed by atoms with van der Waals surface area (Å²) in [5, 5.41) is 3.96. The van der Waals surface area contributed by atoms with Crippen molar-refractivity contribution in [1.29, 1.82) is 0 Å². The summed E-state index contributed by atoms with van der Waals surface area (Å²) in [7, 11) is 0. The summed E-state index contributed by atoms with van der Waals surface area (Å²) in [6.45, 7) is 2.96. The monoisotopic (exact) mass is 441 g/mol. The molecule has 9 heteroatoms. The highest BCUT2D eigenvalue weighted by molar-refractivity contribution is 9.10. The number of halogens is 4. The largest absolute Gasteiger partial charge is 0.465 e. The Morgan fingerprint density at radius 3 is 2.52 bits per heavy atom. The van der Waals surface area contributed by atoms with E-state index in [9.17, 15) is 18.0 Å². The second-order valence-electron chi connectivity index (χ2n) is 5.81. The van der Waals surface area contributed by atoms with Crippen LogP contribution >= 0.6 is 15.9 Å². The molecule has 1 aromatic carbocycles. The van der Waals surface area contributed by atoms with Gasteiger partial charge in [0.25, 0.3) is 0 Å². The molecule has 27 heavy (non-hydrogen) atoms. The predicted molar refractivity (Wildman–Crippen MR) is 97.0 cm³/mol. The Morgan fingerprint density at radius 1 is 1.26 bits per heavy atom. The number of benzene rings is 1. The van der Waals surface area contributed by atoms with Crippen LogP contribution in [-0.2, 0) is 22.3 Å². The molecule has 0 atom stereocenters. The first kappa shape index (κ1) is 19.3. The van der Waals surface area contributed by atoms with Crippen molar-refractivity contribution < 1.29 is 22.7 Å². The van der Waals surface area contributed by atoms with E-state index in [1.165, 1.54) is 6.92 Å². The van der Waals surface area contributed by atoms with Crippen LogP contribution in [0.5, 0.6) is 0 Å². The quantitative estimate of drug-likeness (QED) is 0.548. The van der Waals surface area contributed by atoms with Crippen molar-refractivity contribution >= 4 is 32.9 Å². The number of ether oxygens (including phenoxy) is 1. The Labute approximate surface area is 161 Å². The van der Waals surface area contributed by atoms with Crippen LogP contribution in [0.15, 0.2) is 34.8 Å². The van der Waals surface area contributed by atoms with Gasteiger partial charge in [0, 0.05) is 10.0 Å². The average molecular weight is 442 g/mol. The zero-order chi connectivity index (χ0) is 19.8. The van der Waals surface area contributed by atoms with Crippen LogP contribution in [0.3, 0.4) is 0 Å². The highest BCUT2D eigenvalue weighted by Gasteiger charge is 2.35. The van der Waals surface area contributed by atoms with Crippen molar-refractivity contribution in [2.45, 2.75) is 26.6 Å². The maximum absolute atomic E-state index is 13.7.